The summed E-state index contributed by atoms with van der Waals surface area (Å²) in [5.74, 6) is 0. The SMILES string of the molecule is [C-]#[N+]C(C)(C)Cc1cc2c3c([n+](C)cnc3c1)-c1c(c(C)c3ccccc3c1C)S2. The second-order valence-corrected chi connectivity index (χ2v) is 9.95. The third kappa shape index (κ3) is 2.73. The largest absolute Gasteiger partial charge is 0.311 e. The third-order valence-corrected chi connectivity index (χ3v) is 7.42. The van der Waals surface area contributed by atoms with Crippen molar-refractivity contribution < 1.29 is 4.57 Å². The Morgan fingerprint density at radius 1 is 1.10 bits per heavy atom. The van der Waals surface area contributed by atoms with E-state index in [0.29, 0.717) is 0 Å². The van der Waals surface area contributed by atoms with Crippen LogP contribution in [0.2, 0.25) is 0 Å². The number of aryl methyl sites for hydroxylation is 3. The zero-order valence-corrected chi connectivity index (χ0v) is 18.8. The Morgan fingerprint density at radius 3 is 2.50 bits per heavy atom. The minimum atomic E-state index is -0.414. The monoisotopic (exact) mass is 410 g/mol. The summed E-state index contributed by atoms with van der Waals surface area (Å²) in [6, 6.07) is 13.1. The Balaban J connectivity index is 1.86. The molecule has 0 unspecified atom stereocenters. The molecule has 4 aromatic rings. The van der Waals surface area contributed by atoms with E-state index in [1.807, 2.05) is 31.9 Å². The predicted molar refractivity (Wildman–Crippen MR) is 124 cm³/mol. The Morgan fingerprint density at radius 2 is 1.80 bits per heavy atom. The van der Waals surface area contributed by atoms with Gasteiger partial charge in [-0.1, -0.05) is 36.0 Å². The fourth-order valence-corrected chi connectivity index (χ4v) is 6.02. The molecule has 0 amide bonds. The second kappa shape index (κ2) is 6.55. The van der Waals surface area contributed by atoms with Gasteiger partial charge in [0.1, 0.15) is 5.69 Å². The highest BCUT2D eigenvalue weighted by molar-refractivity contribution is 7.99. The number of fused-ring (bicyclic) bond motifs is 3. The molecule has 0 bridgehead atoms. The summed E-state index contributed by atoms with van der Waals surface area (Å²) in [6.07, 6.45) is 2.65. The molecule has 1 aromatic heterocycles. The van der Waals surface area contributed by atoms with E-state index in [1.165, 1.54) is 53.9 Å². The molecule has 30 heavy (non-hydrogen) atoms. The number of aromatic nitrogens is 2. The van der Waals surface area contributed by atoms with E-state index in [-0.39, 0.29) is 0 Å². The quantitative estimate of drug-likeness (QED) is 0.255. The number of benzene rings is 3. The lowest BCUT2D eigenvalue weighted by Crippen LogP contribution is -2.33. The Kier molecular flexibility index (Phi) is 4.17. The molecule has 0 saturated heterocycles. The first-order chi connectivity index (χ1) is 14.3. The molecule has 0 saturated carbocycles. The van der Waals surface area contributed by atoms with Gasteiger partial charge in [-0.2, -0.15) is 0 Å². The number of hydrogen-bond acceptors (Lipinski definition) is 2. The van der Waals surface area contributed by atoms with Crippen molar-refractivity contribution in [1.29, 1.82) is 0 Å². The van der Waals surface area contributed by atoms with Crippen LogP contribution in [-0.4, -0.2) is 10.5 Å². The van der Waals surface area contributed by atoms with Gasteiger partial charge in [0, 0.05) is 29.2 Å². The molecule has 0 radical (unpaired) electrons. The van der Waals surface area contributed by atoms with Gasteiger partial charge in [0.25, 0.3) is 6.33 Å². The van der Waals surface area contributed by atoms with E-state index < -0.39 is 5.54 Å². The number of nitrogens with zero attached hydrogens (tertiary/aromatic N) is 3. The summed E-state index contributed by atoms with van der Waals surface area (Å²) < 4.78 is 2.16. The Hall–Kier alpha value is -2.90. The molecule has 5 rings (SSSR count). The maximum atomic E-state index is 7.52. The van der Waals surface area contributed by atoms with Gasteiger partial charge in [0.2, 0.25) is 5.54 Å². The van der Waals surface area contributed by atoms with Crippen LogP contribution in [0.1, 0.15) is 30.5 Å². The van der Waals surface area contributed by atoms with Gasteiger partial charge >= 0.3 is 0 Å². The van der Waals surface area contributed by atoms with E-state index in [0.717, 1.165) is 11.9 Å². The molecule has 1 aliphatic rings. The molecule has 2 heterocycles. The van der Waals surface area contributed by atoms with Crippen molar-refractivity contribution in [3.05, 3.63) is 70.8 Å². The van der Waals surface area contributed by atoms with Crippen molar-refractivity contribution in [2.45, 2.75) is 49.4 Å². The second-order valence-electron chi connectivity index (χ2n) is 8.89. The van der Waals surface area contributed by atoms with E-state index in [4.69, 9.17) is 11.6 Å². The van der Waals surface area contributed by atoms with Crippen LogP contribution in [0.3, 0.4) is 0 Å². The minimum absolute atomic E-state index is 0.414. The maximum absolute atomic E-state index is 7.52. The molecule has 3 nitrogen and oxygen atoms in total. The molecule has 3 aromatic carbocycles. The topological polar surface area (TPSA) is 21.1 Å². The maximum Gasteiger partial charge on any atom is 0.287 e. The first-order valence-corrected chi connectivity index (χ1v) is 11.0. The highest BCUT2D eigenvalue weighted by atomic mass is 32.2. The van der Waals surface area contributed by atoms with Crippen LogP contribution in [0.25, 0.3) is 37.8 Å². The zero-order valence-electron chi connectivity index (χ0n) is 18.0. The number of hydrogen-bond donors (Lipinski definition) is 0. The van der Waals surface area contributed by atoms with Crippen molar-refractivity contribution in [1.82, 2.24) is 4.98 Å². The third-order valence-electron chi connectivity index (χ3n) is 6.17. The average molecular weight is 411 g/mol. The lowest BCUT2D eigenvalue weighted by Gasteiger charge is -2.24. The molecule has 4 heteroatoms. The fraction of sp³-hybridized carbons (Fsp3) is 0.269. The molecule has 0 aliphatic carbocycles. The van der Waals surface area contributed by atoms with Crippen LogP contribution in [-0.2, 0) is 13.5 Å². The summed E-state index contributed by atoms with van der Waals surface area (Å²) in [5.41, 5.74) is 7.00. The van der Waals surface area contributed by atoms with Crippen LogP contribution in [0.5, 0.6) is 0 Å². The molecule has 0 atom stereocenters. The summed E-state index contributed by atoms with van der Waals surface area (Å²) in [7, 11) is 2.09. The smallest absolute Gasteiger partial charge is 0.287 e. The molecule has 0 fully saturated rings. The molecule has 1 aliphatic heterocycles. The van der Waals surface area contributed by atoms with Crippen LogP contribution >= 0.6 is 11.8 Å². The van der Waals surface area contributed by atoms with Crippen LogP contribution in [0.4, 0.5) is 0 Å². The van der Waals surface area contributed by atoms with E-state index in [2.05, 4.69) is 66.7 Å². The van der Waals surface area contributed by atoms with Gasteiger partial charge in [0.15, 0.2) is 5.52 Å². The first kappa shape index (κ1) is 19.1. The summed E-state index contributed by atoms with van der Waals surface area (Å²) in [4.78, 5) is 11.2. The lowest BCUT2D eigenvalue weighted by atomic mass is 9.91. The predicted octanol–water partition coefficient (Wildman–Crippen LogP) is 6.20. The first-order valence-electron chi connectivity index (χ1n) is 10.2. The van der Waals surface area contributed by atoms with Gasteiger partial charge in [-0.25, -0.2) is 11.1 Å². The van der Waals surface area contributed by atoms with Crippen LogP contribution < -0.4 is 4.57 Å². The zero-order chi connectivity index (χ0) is 21.2. The van der Waals surface area contributed by atoms with Crippen LogP contribution in [0.15, 0.2) is 52.5 Å². The van der Waals surface area contributed by atoms with E-state index in [9.17, 15) is 0 Å². The van der Waals surface area contributed by atoms with E-state index in [1.54, 1.807) is 0 Å². The van der Waals surface area contributed by atoms with Gasteiger partial charge in [-0.15, -0.1) is 0 Å². The van der Waals surface area contributed by atoms with Crippen molar-refractivity contribution >= 4 is 33.4 Å². The standard InChI is InChI=1S/C26H24N3S/c1-15-18-9-7-8-10-19(18)16(2)25-22(15)24-23-20(28-14-29(24)6)11-17(12-21(23)30-25)13-26(3,4)27-5/h7-12,14H,13H2,1-4,6H3/q+1. The molecule has 0 N–H and O–H groups in total. The normalized spacial score (nSPS) is 12.8. The van der Waals surface area contributed by atoms with Crippen LogP contribution in [0, 0.1) is 20.4 Å². The summed E-state index contributed by atoms with van der Waals surface area (Å²) in [6.45, 7) is 16.0. The van der Waals surface area contributed by atoms with Crippen molar-refractivity contribution in [3.63, 3.8) is 0 Å². The fourth-order valence-electron chi connectivity index (χ4n) is 4.68. The van der Waals surface area contributed by atoms with Crippen molar-refractivity contribution in [3.8, 4) is 11.3 Å². The minimum Gasteiger partial charge on any atom is -0.311 e. The lowest BCUT2D eigenvalue weighted by molar-refractivity contribution is -0.662. The summed E-state index contributed by atoms with van der Waals surface area (Å²) >= 11 is 1.86. The molecule has 0 spiro atoms. The van der Waals surface area contributed by atoms with Crippen molar-refractivity contribution in [2.24, 2.45) is 7.05 Å². The molecular formula is C26H24N3S+. The molecular weight excluding hydrogens is 386 g/mol. The molecule has 148 valence electrons. The van der Waals surface area contributed by atoms with E-state index >= 15 is 0 Å². The number of rotatable bonds is 2. The Labute approximate surface area is 181 Å². The highest BCUT2D eigenvalue weighted by Crippen LogP contribution is 2.51. The average Bonchev–Trinajstić information content (AvgIpc) is 2.73. The van der Waals surface area contributed by atoms with Gasteiger partial charge in [-0.05, 0) is 58.4 Å². The van der Waals surface area contributed by atoms with Gasteiger partial charge < -0.3 is 4.85 Å². The van der Waals surface area contributed by atoms with Gasteiger partial charge in [0.05, 0.1) is 18.9 Å². The van der Waals surface area contributed by atoms with Crippen molar-refractivity contribution in [2.75, 3.05) is 0 Å². The Bertz CT molecular complexity index is 1410. The highest BCUT2D eigenvalue weighted by Gasteiger charge is 2.32. The van der Waals surface area contributed by atoms with Gasteiger partial charge in [-0.3, -0.25) is 0 Å². The summed E-state index contributed by atoms with van der Waals surface area (Å²) in [5, 5.41) is 3.86.